The van der Waals surface area contributed by atoms with Crippen molar-refractivity contribution in [2.75, 3.05) is 7.11 Å². The Hall–Kier alpha value is -1.69. The quantitative estimate of drug-likeness (QED) is 0.926. The number of hydrogen-bond donors (Lipinski definition) is 1. The molecule has 0 amide bonds. The van der Waals surface area contributed by atoms with Crippen LogP contribution in [0, 0.1) is 5.82 Å². The topological polar surface area (TPSA) is 59.4 Å². The lowest BCUT2D eigenvalue weighted by atomic mass is 10.1. The number of carbonyl (C=O) groups is 1. The number of aromatic nitrogens is 1. The van der Waals surface area contributed by atoms with E-state index >= 15 is 0 Å². The van der Waals surface area contributed by atoms with E-state index in [2.05, 4.69) is 20.9 Å². The van der Waals surface area contributed by atoms with E-state index in [0.717, 1.165) is 0 Å². The third-order valence-electron chi connectivity index (χ3n) is 2.26. The molecule has 88 valence electrons. The van der Waals surface area contributed by atoms with E-state index in [1.807, 2.05) is 0 Å². The standard InChI is InChI=1S/C11H7BrFNO3/c1-17-8-4-7(11(15)16)14-10-5(12)2-3-6(13)9(8)10/h2-4H,1H3,(H,15,16). The zero-order valence-corrected chi connectivity index (χ0v) is 10.3. The highest BCUT2D eigenvalue weighted by atomic mass is 79.9. The molecule has 4 nitrogen and oxygen atoms in total. The summed E-state index contributed by atoms with van der Waals surface area (Å²) in [6, 6.07) is 3.92. The Bertz CT molecular complexity index is 615. The first-order valence-electron chi connectivity index (χ1n) is 4.60. The van der Waals surface area contributed by atoms with Gasteiger partial charge in [0.25, 0.3) is 0 Å². The molecule has 0 unspecified atom stereocenters. The number of methoxy groups -OCH3 is 1. The Labute approximate surface area is 104 Å². The zero-order chi connectivity index (χ0) is 12.6. The Morgan fingerprint density at radius 1 is 1.53 bits per heavy atom. The summed E-state index contributed by atoms with van der Waals surface area (Å²) in [5.41, 5.74) is 0.0300. The molecule has 0 fully saturated rings. The average Bonchev–Trinajstić information content (AvgIpc) is 2.32. The second-order valence-corrected chi connectivity index (χ2v) is 4.12. The number of pyridine rings is 1. The second-order valence-electron chi connectivity index (χ2n) is 3.27. The van der Waals surface area contributed by atoms with E-state index in [4.69, 9.17) is 9.84 Å². The molecular weight excluding hydrogens is 293 g/mol. The van der Waals surface area contributed by atoms with E-state index < -0.39 is 11.8 Å². The number of ether oxygens (including phenoxy) is 1. The van der Waals surface area contributed by atoms with Gasteiger partial charge in [-0.05, 0) is 28.1 Å². The molecule has 0 radical (unpaired) electrons. The van der Waals surface area contributed by atoms with E-state index in [0.29, 0.717) is 4.47 Å². The Kier molecular flexibility index (Phi) is 2.97. The van der Waals surface area contributed by atoms with Crippen LogP contribution in [0.25, 0.3) is 10.9 Å². The normalized spacial score (nSPS) is 10.5. The van der Waals surface area contributed by atoms with Gasteiger partial charge in [0.1, 0.15) is 11.6 Å². The van der Waals surface area contributed by atoms with Crippen LogP contribution in [-0.2, 0) is 0 Å². The molecule has 1 heterocycles. The summed E-state index contributed by atoms with van der Waals surface area (Å²) in [4.78, 5) is 14.8. The molecular formula is C11H7BrFNO3. The maximum absolute atomic E-state index is 13.7. The number of hydrogen-bond acceptors (Lipinski definition) is 3. The fraction of sp³-hybridized carbons (Fsp3) is 0.0909. The van der Waals surface area contributed by atoms with Gasteiger partial charge in [0.2, 0.25) is 0 Å². The largest absolute Gasteiger partial charge is 0.496 e. The average molecular weight is 300 g/mol. The monoisotopic (exact) mass is 299 g/mol. The maximum atomic E-state index is 13.7. The van der Waals surface area contributed by atoms with Gasteiger partial charge >= 0.3 is 5.97 Å². The zero-order valence-electron chi connectivity index (χ0n) is 8.70. The molecule has 0 aliphatic carbocycles. The lowest BCUT2D eigenvalue weighted by Gasteiger charge is -2.08. The molecule has 0 saturated carbocycles. The molecule has 0 saturated heterocycles. The predicted octanol–water partition coefficient (Wildman–Crippen LogP) is 2.84. The molecule has 0 aliphatic rings. The van der Waals surface area contributed by atoms with Crippen molar-refractivity contribution in [3.63, 3.8) is 0 Å². The van der Waals surface area contributed by atoms with Crippen LogP contribution in [0.1, 0.15) is 10.5 Å². The molecule has 1 N–H and O–H groups in total. The third kappa shape index (κ3) is 1.95. The van der Waals surface area contributed by atoms with Crippen molar-refractivity contribution >= 4 is 32.8 Å². The van der Waals surface area contributed by atoms with Crippen molar-refractivity contribution in [3.8, 4) is 5.75 Å². The highest BCUT2D eigenvalue weighted by molar-refractivity contribution is 9.10. The number of carboxylic acid groups (broad SMARTS) is 1. The van der Waals surface area contributed by atoms with Crippen LogP contribution in [0.3, 0.4) is 0 Å². The smallest absolute Gasteiger partial charge is 0.354 e. The third-order valence-corrected chi connectivity index (χ3v) is 2.90. The summed E-state index contributed by atoms with van der Waals surface area (Å²) >= 11 is 3.20. The number of aromatic carboxylic acids is 1. The van der Waals surface area contributed by atoms with Gasteiger partial charge in [0, 0.05) is 10.5 Å². The summed E-state index contributed by atoms with van der Waals surface area (Å²) < 4.78 is 19.2. The van der Waals surface area contributed by atoms with Gasteiger partial charge < -0.3 is 9.84 Å². The molecule has 0 atom stereocenters. The Balaban J connectivity index is 2.91. The Morgan fingerprint density at radius 2 is 2.24 bits per heavy atom. The van der Waals surface area contributed by atoms with E-state index in [9.17, 15) is 9.18 Å². The van der Waals surface area contributed by atoms with Crippen LogP contribution in [0.2, 0.25) is 0 Å². The van der Waals surface area contributed by atoms with Crippen molar-refractivity contribution < 1.29 is 19.0 Å². The van der Waals surface area contributed by atoms with Gasteiger partial charge in [-0.15, -0.1) is 0 Å². The van der Waals surface area contributed by atoms with Crippen LogP contribution in [-0.4, -0.2) is 23.2 Å². The van der Waals surface area contributed by atoms with Gasteiger partial charge in [0.15, 0.2) is 5.69 Å². The van der Waals surface area contributed by atoms with Crippen LogP contribution in [0.4, 0.5) is 4.39 Å². The van der Waals surface area contributed by atoms with Crippen LogP contribution >= 0.6 is 15.9 Å². The summed E-state index contributed by atoms with van der Waals surface area (Å²) in [6.07, 6.45) is 0. The van der Waals surface area contributed by atoms with E-state index in [-0.39, 0.29) is 22.3 Å². The first kappa shape index (κ1) is 11.8. The number of rotatable bonds is 2. The molecule has 6 heteroatoms. The summed E-state index contributed by atoms with van der Waals surface area (Å²) in [7, 11) is 1.35. The van der Waals surface area contributed by atoms with Gasteiger partial charge in [-0.25, -0.2) is 14.2 Å². The predicted molar refractivity (Wildman–Crippen MR) is 62.9 cm³/mol. The number of benzene rings is 1. The fourth-order valence-electron chi connectivity index (χ4n) is 1.50. The SMILES string of the molecule is COc1cc(C(=O)O)nc2c(Br)ccc(F)c12. The lowest BCUT2D eigenvalue weighted by molar-refractivity contribution is 0.0690. The van der Waals surface area contributed by atoms with Crippen molar-refractivity contribution in [1.82, 2.24) is 4.98 Å². The second kappa shape index (κ2) is 4.29. The molecule has 17 heavy (non-hydrogen) atoms. The molecule has 0 spiro atoms. The molecule has 0 bridgehead atoms. The van der Waals surface area contributed by atoms with E-state index in [1.54, 1.807) is 0 Å². The van der Waals surface area contributed by atoms with Crippen LogP contribution in [0.5, 0.6) is 5.75 Å². The van der Waals surface area contributed by atoms with Crippen LogP contribution in [0.15, 0.2) is 22.7 Å². The molecule has 1 aromatic heterocycles. The number of nitrogens with zero attached hydrogens (tertiary/aromatic N) is 1. The summed E-state index contributed by atoms with van der Waals surface area (Å²) in [6.45, 7) is 0. The van der Waals surface area contributed by atoms with Crippen molar-refractivity contribution in [2.24, 2.45) is 0 Å². The minimum absolute atomic E-state index is 0.145. The fourth-order valence-corrected chi connectivity index (χ4v) is 1.92. The molecule has 2 aromatic rings. The first-order valence-corrected chi connectivity index (χ1v) is 5.40. The number of carboxylic acids is 1. The minimum atomic E-state index is -1.19. The van der Waals surface area contributed by atoms with Crippen LogP contribution < -0.4 is 4.74 Å². The highest BCUT2D eigenvalue weighted by Gasteiger charge is 2.16. The van der Waals surface area contributed by atoms with Gasteiger partial charge in [0.05, 0.1) is 18.0 Å². The maximum Gasteiger partial charge on any atom is 0.354 e. The molecule has 1 aromatic carbocycles. The number of halogens is 2. The molecule has 0 aliphatic heterocycles. The lowest BCUT2D eigenvalue weighted by Crippen LogP contribution is -2.02. The number of fused-ring (bicyclic) bond motifs is 1. The Morgan fingerprint density at radius 3 is 2.82 bits per heavy atom. The minimum Gasteiger partial charge on any atom is -0.496 e. The van der Waals surface area contributed by atoms with Gasteiger partial charge in [-0.3, -0.25) is 0 Å². The van der Waals surface area contributed by atoms with Crippen molar-refractivity contribution in [1.29, 1.82) is 0 Å². The van der Waals surface area contributed by atoms with Crippen molar-refractivity contribution in [2.45, 2.75) is 0 Å². The summed E-state index contributed by atoms with van der Waals surface area (Å²) in [5, 5.41) is 9.06. The van der Waals surface area contributed by atoms with E-state index in [1.165, 1.54) is 25.3 Å². The van der Waals surface area contributed by atoms with Gasteiger partial charge in [-0.2, -0.15) is 0 Å². The van der Waals surface area contributed by atoms with Gasteiger partial charge in [-0.1, -0.05) is 0 Å². The van der Waals surface area contributed by atoms with Crippen molar-refractivity contribution in [3.05, 3.63) is 34.2 Å². The summed E-state index contributed by atoms with van der Waals surface area (Å²) in [5.74, 6) is -1.56. The first-order chi connectivity index (χ1) is 8.04. The highest BCUT2D eigenvalue weighted by Crippen LogP contribution is 2.32. The molecule has 2 rings (SSSR count).